The Kier molecular flexibility index (Phi) is 2.39. The van der Waals surface area contributed by atoms with Gasteiger partial charge in [-0.3, -0.25) is 9.63 Å². The molecule has 0 aliphatic rings. The van der Waals surface area contributed by atoms with Gasteiger partial charge in [0.05, 0.1) is 7.11 Å². The zero-order chi connectivity index (χ0) is 10.8. The van der Waals surface area contributed by atoms with Crippen molar-refractivity contribution in [2.75, 3.05) is 7.11 Å². The van der Waals surface area contributed by atoms with Crippen LogP contribution in [0.15, 0.2) is 24.4 Å². The summed E-state index contributed by atoms with van der Waals surface area (Å²) in [7, 11) is 1.39. The quantitative estimate of drug-likeness (QED) is 0.742. The molecule has 2 aromatic rings. The van der Waals surface area contributed by atoms with Crippen LogP contribution in [-0.4, -0.2) is 22.4 Å². The lowest BCUT2D eigenvalue weighted by molar-refractivity contribution is 0.0533. The molecule has 0 aliphatic heterocycles. The van der Waals surface area contributed by atoms with E-state index in [0.29, 0.717) is 5.69 Å². The van der Waals surface area contributed by atoms with Gasteiger partial charge in [0.25, 0.3) is 5.91 Å². The number of carbonyl (C=O) groups is 1. The first-order valence-corrected chi connectivity index (χ1v) is 4.50. The van der Waals surface area contributed by atoms with Gasteiger partial charge >= 0.3 is 0 Å². The van der Waals surface area contributed by atoms with Crippen molar-refractivity contribution in [3.63, 3.8) is 0 Å². The Morgan fingerprint density at radius 2 is 2.33 bits per heavy atom. The van der Waals surface area contributed by atoms with Crippen molar-refractivity contribution in [2.24, 2.45) is 0 Å². The monoisotopic (exact) mass is 205 g/mol. The van der Waals surface area contributed by atoms with Crippen LogP contribution in [0.3, 0.4) is 0 Å². The Bertz CT molecular complexity index is 504. The van der Waals surface area contributed by atoms with Crippen LogP contribution in [0.25, 0.3) is 5.65 Å². The summed E-state index contributed by atoms with van der Waals surface area (Å²) in [6.45, 7) is 1.95. The number of nitrogens with one attached hydrogen (secondary N) is 1. The molecule has 15 heavy (non-hydrogen) atoms. The van der Waals surface area contributed by atoms with E-state index in [1.54, 1.807) is 6.20 Å². The number of hydrogen-bond acceptors (Lipinski definition) is 3. The first-order valence-electron chi connectivity index (χ1n) is 4.50. The molecule has 2 rings (SSSR count). The van der Waals surface area contributed by atoms with Crippen molar-refractivity contribution in [1.82, 2.24) is 14.9 Å². The number of hydroxylamine groups is 1. The predicted octanol–water partition coefficient (Wildman–Crippen LogP) is 0.934. The van der Waals surface area contributed by atoms with Crippen LogP contribution in [0.5, 0.6) is 0 Å². The fourth-order valence-electron chi connectivity index (χ4n) is 1.40. The van der Waals surface area contributed by atoms with Gasteiger partial charge in [-0.05, 0) is 19.1 Å². The molecule has 0 aromatic carbocycles. The molecule has 1 amide bonds. The molecule has 0 bridgehead atoms. The minimum atomic E-state index is -0.347. The summed E-state index contributed by atoms with van der Waals surface area (Å²) in [6.07, 6.45) is 1.68. The summed E-state index contributed by atoms with van der Waals surface area (Å²) in [5, 5.41) is 0. The van der Waals surface area contributed by atoms with Crippen LogP contribution in [-0.2, 0) is 4.84 Å². The van der Waals surface area contributed by atoms with Gasteiger partial charge in [-0.15, -0.1) is 0 Å². The van der Waals surface area contributed by atoms with E-state index in [1.807, 2.05) is 29.5 Å². The lowest BCUT2D eigenvalue weighted by Gasteiger charge is -1.96. The van der Waals surface area contributed by atoms with Crippen molar-refractivity contribution >= 4 is 11.6 Å². The molecular formula is C10H11N3O2. The van der Waals surface area contributed by atoms with Crippen LogP contribution in [0, 0.1) is 6.92 Å². The van der Waals surface area contributed by atoms with Crippen molar-refractivity contribution in [3.8, 4) is 0 Å². The fourth-order valence-corrected chi connectivity index (χ4v) is 1.40. The SMILES string of the molecule is CONC(=O)c1cn2c(C)cccc2n1. The zero-order valence-electron chi connectivity index (χ0n) is 8.52. The summed E-state index contributed by atoms with van der Waals surface area (Å²) in [5.74, 6) is -0.347. The second-order valence-electron chi connectivity index (χ2n) is 3.16. The third kappa shape index (κ3) is 1.69. The number of fused-ring (bicyclic) bond motifs is 1. The highest BCUT2D eigenvalue weighted by Gasteiger charge is 2.10. The maximum atomic E-state index is 11.4. The molecule has 2 heterocycles. The maximum absolute atomic E-state index is 11.4. The number of aryl methyl sites for hydroxylation is 1. The summed E-state index contributed by atoms with van der Waals surface area (Å²) < 4.78 is 1.85. The van der Waals surface area contributed by atoms with Gasteiger partial charge in [0.15, 0.2) is 0 Å². The number of amides is 1. The minimum Gasteiger partial charge on any atom is -0.304 e. The third-order valence-electron chi connectivity index (χ3n) is 2.12. The van der Waals surface area contributed by atoms with Crippen LogP contribution in [0.1, 0.15) is 16.2 Å². The molecule has 78 valence electrons. The van der Waals surface area contributed by atoms with Gasteiger partial charge < -0.3 is 4.40 Å². The molecule has 0 fully saturated rings. The number of carbonyl (C=O) groups excluding carboxylic acids is 1. The lowest BCUT2D eigenvalue weighted by atomic mass is 10.4. The van der Waals surface area contributed by atoms with E-state index in [4.69, 9.17) is 0 Å². The number of pyridine rings is 1. The van der Waals surface area contributed by atoms with E-state index in [1.165, 1.54) is 7.11 Å². The predicted molar refractivity (Wildman–Crippen MR) is 54.4 cm³/mol. The molecule has 0 unspecified atom stereocenters. The zero-order valence-corrected chi connectivity index (χ0v) is 8.52. The Balaban J connectivity index is 2.47. The minimum absolute atomic E-state index is 0.339. The van der Waals surface area contributed by atoms with Crippen molar-refractivity contribution < 1.29 is 9.63 Å². The first kappa shape index (κ1) is 9.67. The highest BCUT2D eigenvalue weighted by Crippen LogP contribution is 2.08. The average Bonchev–Trinajstić information content (AvgIpc) is 2.63. The largest absolute Gasteiger partial charge is 0.304 e. The normalized spacial score (nSPS) is 10.5. The summed E-state index contributed by atoms with van der Waals surface area (Å²) in [6, 6.07) is 5.69. The smallest absolute Gasteiger partial charge is 0.295 e. The summed E-state index contributed by atoms with van der Waals surface area (Å²) in [5.41, 5.74) is 4.34. The Morgan fingerprint density at radius 3 is 3.00 bits per heavy atom. The molecule has 5 nitrogen and oxygen atoms in total. The summed E-state index contributed by atoms with van der Waals surface area (Å²) >= 11 is 0. The van der Waals surface area contributed by atoms with Crippen molar-refractivity contribution in [3.05, 3.63) is 35.8 Å². The number of aromatic nitrogens is 2. The number of nitrogens with zero attached hydrogens (tertiary/aromatic N) is 2. The maximum Gasteiger partial charge on any atom is 0.295 e. The first-order chi connectivity index (χ1) is 7.22. The second kappa shape index (κ2) is 3.70. The number of hydrogen-bond donors (Lipinski definition) is 1. The van der Waals surface area contributed by atoms with E-state index >= 15 is 0 Å². The molecule has 0 aliphatic carbocycles. The Labute approximate surface area is 86.6 Å². The number of imidazole rings is 1. The van der Waals surface area contributed by atoms with E-state index in [2.05, 4.69) is 15.3 Å². The molecule has 0 saturated heterocycles. The molecule has 0 atom stereocenters. The molecule has 2 aromatic heterocycles. The van der Waals surface area contributed by atoms with Crippen LogP contribution >= 0.6 is 0 Å². The van der Waals surface area contributed by atoms with E-state index in [9.17, 15) is 4.79 Å². The number of rotatable bonds is 2. The Morgan fingerprint density at radius 1 is 1.53 bits per heavy atom. The van der Waals surface area contributed by atoms with Crippen molar-refractivity contribution in [2.45, 2.75) is 6.92 Å². The highest BCUT2D eigenvalue weighted by atomic mass is 16.6. The molecule has 1 N–H and O–H groups in total. The lowest BCUT2D eigenvalue weighted by Crippen LogP contribution is -2.21. The van der Waals surface area contributed by atoms with E-state index < -0.39 is 0 Å². The van der Waals surface area contributed by atoms with Gasteiger partial charge in [0, 0.05) is 11.9 Å². The van der Waals surface area contributed by atoms with E-state index in [-0.39, 0.29) is 5.91 Å². The average molecular weight is 205 g/mol. The third-order valence-corrected chi connectivity index (χ3v) is 2.12. The van der Waals surface area contributed by atoms with Crippen molar-refractivity contribution in [1.29, 1.82) is 0 Å². The van der Waals surface area contributed by atoms with Crippen LogP contribution in [0.2, 0.25) is 0 Å². The molecule has 0 radical (unpaired) electrons. The second-order valence-corrected chi connectivity index (χ2v) is 3.16. The van der Waals surface area contributed by atoms with Crippen LogP contribution in [0.4, 0.5) is 0 Å². The van der Waals surface area contributed by atoms with E-state index in [0.717, 1.165) is 11.3 Å². The summed E-state index contributed by atoms with van der Waals surface area (Å²) in [4.78, 5) is 20.1. The molecule has 5 heteroatoms. The molecule has 0 spiro atoms. The van der Waals surface area contributed by atoms with Gasteiger partial charge in [0.1, 0.15) is 11.3 Å². The topological polar surface area (TPSA) is 55.6 Å². The van der Waals surface area contributed by atoms with Gasteiger partial charge in [-0.2, -0.15) is 0 Å². The fraction of sp³-hybridized carbons (Fsp3) is 0.200. The van der Waals surface area contributed by atoms with Crippen LogP contribution < -0.4 is 5.48 Å². The van der Waals surface area contributed by atoms with Gasteiger partial charge in [-0.25, -0.2) is 10.5 Å². The standard InChI is InChI=1S/C10H11N3O2/c1-7-4-3-5-9-11-8(6-13(7)9)10(14)12-15-2/h3-6H,1-2H3,(H,12,14). The Hall–Kier alpha value is -1.88. The van der Waals surface area contributed by atoms with Gasteiger partial charge in [0.2, 0.25) is 0 Å². The van der Waals surface area contributed by atoms with Gasteiger partial charge in [-0.1, -0.05) is 6.07 Å². The molecule has 0 saturated carbocycles. The highest BCUT2D eigenvalue weighted by molar-refractivity contribution is 5.92. The molecular weight excluding hydrogens is 194 g/mol.